The SMILES string of the molecule is CC[C@@H]1C2C[C@H](O)CCC2(C)[C@H]2CCC3(C)C([C@H](C)CCc4nnc(C(C)(C)C)s4)CC[C@H]3[C@@H]2[C@@H]1O. The van der Waals surface area contributed by atoms with Crippen LogP contribution in [0.3, 0.4) is 0 Å². The number of nitrogens with zero attached hydrogens (tertiary/aromatic N) is 2. The Hall–Kier alpha value is -0.520. The van der Waals surface area contributed by atoms with E-state index in [4.69, 9.17) is 0 Å². The molecule has 2 N–H and O–H groups in total. The summed E-state index contributed by atoms with van der Waals surface area (Å²) < 4.78 is 0. The summed E-state index contributed by atoms with van der Waals surface area (Å²) in [6, 6.07) is 0. The maximum absolute atomic E-state index is 11.9. The van der Waals surface area contributed by atoms with Crippen LogP contribution in [0.4, 0.5) is 0 Å². The highest BCUT2D eigenvalue weighted by molar-refractivity contribution is 7.11. The summed E-state index contributed by atoms with van der Waals surface area (Å²) in [5.74, 6) is 3.95. The molecule has 0 aliphatic heterocycles. The zero-order chi connectivity index (χ0) is 26.0. The Balaban J connectivity index is 1.33. The quantitative estimate of drug-likeness (QED) is 0.441. The Morgan fingerprint density at radius 1 is 0.972 bits per heavy atom. The average molecular weight is 517 g/mol. The van der Waals surface area contributed by atoms with Crippen molar-refractivity contribution in [2.75, 3.05) is 0 Å². The van der Waals surface area contributed by atoms with E-state index in [-0.39, 0.29) is 23.0 Å². The molecule has 0 bridgehead atoms. The van der Waals surface area contributed by atoms with Crippen LogP contribution in [0, 0.1) is 52.3 Å². The van der Waals surface area contributed by atoms with Crippen LogP contribution in [0.2, 0.25) is 0 Å². The number of aryl methyl sites for hydroxylation is 1. The van der Waals surface area contributed by atoms with Gasteiger partial charge in [0, 0.05) is 11.8 Å². The molecule has 4 fully saturated rings. The van der Waals surface area contributed by atoms with Gasteiger partial charge in [-0.25, -0.2) is 0 Å². The lowest BCUT2D eigenvalue weighted by Gasteiger charge is -2.64. The van der Waals surface area contributed by atoms with Crippen LogP contribution in [-0.4, -0.2) is 32.6 Å². The Labute approximate surface area is 224 Å². The fraction of sp³-hybridized carbons (Fsp3) is 0.935. The van der Waals surface area contributed by atoms with Crippen LogP contribution >= 0.6 is 11.3 Å². The summed E-state index contributed by atoms with van der Waals surface area (Å²) in [5.41, 5.74) is 0.710. The molecule has 1 heterocycles. The number of aromatic nitrogens is 2. The third-order valence-corrected chi connectivity index (χ3v) is 13.5. The number of aliphatic hydroxyl groups is 2. The van der Waals surface area contributed by atoms with E-state index in [2.05, 4.69) is 58.7 Å². The number of fused-ring (bicyclic) bond motifs is 5. The standard InChI is InChI=1S/C31H52N2O2S/c1-8-20-24-17-19(34)13-15-31(24,7)23-14-16-30(6)21(10-11-22(30)26(23)27(20)35)18(2)9-12-25-32-33-28(36-25)29(3,4)5/h18-24,26-27,34-35H,8-17H2,1-7H3/t18-,19-,20-,21?,22+,23+,24?,26+,27-,30?,31?/m1/s1. The lowest BCUT2D eigenvalue weighted by Crippen LogP contribution is -2.62. The van der Waals surface area contributed by atoms with E-state index in [0.29, 0.717) is 40.9 Å². The maximum Gasteiger partial charge on any atom is 0.122 e. The Bertz CT molecular complexity index is 926. The summed E-state index contributed by atoms with van der Waals surface area (Å²) >= 11 is 1.80. The molecule has 204 valence electrons. The second kappa shape index (κ2) is 9.59. The van der Waals surface area contributed by atoms with Crippen LogP contribution in [-0.2, 0) is 11.8 Å². The minimum Gasteiger partial charge on any atom is -0.393 e. The largest absolute Gasteiger partial charge is 0.393 e. The minimum absolute atomic E-state index is 0.0789. The first kappa shape index (κ1) is 27.1. The molecule has 4 saturated carbocycles. The molecule has 4 nitrogen and oxygen atoms in total. The van der Waals surface area contributed by atoms with E-state index in [1.165, 1.54) is 37.1 Å². The van der Waals surface area contributed by atoms with Crippen molar-refractivity contribution < 1.29 is 10.2 Å². The minimum atomic E-state index is -0.195. The molecule has 5 heteroatoms. The highest BCUT2D eigenvalue weighted by Gasteiger charge is 2.64. The third kappa shape index (κ3) is 4.31. The average Bonchev–Trinajstić information content (AvgIpc) is 3.43. The molecule has 1 aromatic rings. The van der Waals surface area contributed by atoms with E-state index in [1.54, 1.807) is 11.3 Å². The van der Waals surface area contributed by atoms with Gasteiger partial charge in [-0.05, 0) is 104 Å². The zero-order valence-electron chi connectivity index (χ0n) is 24.0. The third-order valence-electron chi connectivity index (χ3n) is 12.1. The van der Waals surface area contributed by atoms with Gasteiger partial charge >= 0.3 is 0 Å². The molecular weight excluding hydrogens is 464 g/mol. The molecule has 1 aromatic heterocycles. The topological polar surface area (TPSA) is 66.2 Å². The molecule has 4 unspecified atom stereocenters. The van der Waals surface area contributed by atoms with Gasteiger partial charge in [-0.1, -0.05) is 54.9 Å². The maximum atomic E-state index is 11.9. The van der Waals surface area contributed by atoms with Crippen LogP contribution in [0.25, 0.3) is 0 Å². The van der Waals surface area contributed by atoms with E-state index >= 15 is 0 Å². The second-order valence-corrected chi connectivity index (χ2v) is 16.0. The van der Waals surface area contributed by atoms with Crippen molar-refractivity contribution in [1.82, 2.24) is 10.2 Å². The Kier molecular flexibility index (Phi) is 7.21. The van der Waals surface area contributed by atoms with Crippen molar-refractivity contribution in [3.63, 3.8) is 0 Å². The molecule has 0 saturated heterocycles. The molecule has 4 aliphatic carbocycles. The normalized spacial score (nSPS) is 45.6. The summed E-state index contributed by atoms with van der Waals surface area (Å²) in [4.78, 5) is 0. The molecule has 0 aromatic carbocycles. The summed E-state index contributed by atoms with van der Waals surface area (Å²) in [6.07, 6.45) is 11.1. The molecule has 0 amide bonds. The van der Waals surface area contributed by atoms with Gasteiger partial charge in [-0.15, -0.1) is 21.5 Å². The van der Waals surface area contributed by atoms with Crippen LogP contribution in [0.15, 0.2) is 0 Å². The first-order valence-corrected chi connectivity index (χ1v) is 15.9. The molecule has 0 radical (unpaired) electrons. The van der Waals surface area contributed by atoms with Gasteiger partial charge < -0.3 is 10.2 Å². The van der Waals surface area contributed by atoms with Crippen LogP contribution in [0.5, 0.6) is 0 Å². The van der Waals surface area contributed by atoms with Crippen molar-refractivity contribution in [3.05, 3.63) is 10.0 Å². The first-order valence-electron chi connectivity index (χ1n) is 15.1. The van der Waals surface area contributed by atoms with Crippen LogP contribution < -0.4 is 0 Å². The van der Waals surface area contributed by atoms with Gasteiger partial charge in [0.15, 0.2) is 0 Å². The number of hydrogen-bond acceptors (Lipinski definition) is 5. The zero-order valence-corrected chi connectivity index (χ0v) is 24.8. The fourth-order valence-corrected chi connectivity index (χ4v) is 11.1. The van der Waals surface area contributed by atoms with Crippen molar-refractivity contribution in [2.24, 2.45) is 52.3 Å². The van der Waals surface area contributed by atoms with Crippen molar-refractivity contribution in [3.8, 4) is 0 Å². The van der Waals surface area contributed by atoms with Crippen molar-refractivity contribution in [1.29, 1.82) is 0 Å². The van der Waals surface area contributed by atoms with Gasteiger partial charge in [0.1, 0.15) is 10.0 Å². The lowest BCUT2D eigenvalue weighted by atomic mass is 9.41. The Morgan fingerprint density at radius 2 is 1.67 bits per heavy atom. The predicted octanol–water partition coefficient (Wildman–Crippen LogP) is 7.03. The van der Waals surface area contributed by atoms with Gasteiger partial charge in [0.05, 0.1) is 12.2 Å². The molecule has 36 heavy (non-hydrogen) atoms. The summed E-state index contributed by atoms with van der Waals surface area (Å²) in [6.45, 7) is 16.6. The van der Waals surface area contributed by atoms with E-state index < -0.39 is 0 Å². The van der Waals surface area contributed by atoms with Crippen molar-refractivity contribution in [2.45, 2.75) is 130 Å². The molecular formula is C31H52N2O2S. The molecule has 5 rings (SSSR count). The van der Waals surface area contributed by atoms with E-state index in [1.807, 2.05) is 0 Å². The van der Waals surface area contributed by atoms with Gasteiger partial charge in [-0.2, -0.15) is 0 Å². The summed E-state index contributed by atoms with van der Waals surface area (Å²) in [5, 5.41) is 33.8. The number of aliphatic hydroxyl groups excluding tert-OH is 2. The van der Waals surface area contributed by atoms with E-state index in [9.17, 15) is 10.2 Å². The molecule has 4 aliphatic rings. The predicted molar refractivity (Wildman–Crippen MR) is 148 cm³/mol. The Morgan fingerprint density at radius 3 is 2.33 bits per heavy atom. The van der Waals surface area contributed by atoms with Gasteiger partial charge in [0.2, 0.25) is 0 Å². The second-order valence-electron chi connectivity index (χ2n) is 14.9. The molecule has 0 spiro atoms. The highest BCUT2D eigenvalue weighted by atomic mass is 32.1. The van der Waals surface area contributed by atoms with Gasteiger partial charge in [0.25, 0.3) is 0 Å². The number of rotatable bonds is 5. The lowest BCUT2D eigenvalue weighted by molar-refractivity contribution is -0.203. The summed E-state index contributed by atoms with van der Waals surface area (Å²) in [7, 11) is 0. The molecule has 11 atom stereocenters. The number of hydrogen-bond donors (Lipinski definition) is 2. The van der Waals surface area contributed by atoms with Crippen molar-refractivity contribution >= 4 is 11.3 Å². The van der Waals surface area contributed by atoms with Crippen LogP contribution in [0.1, 0.15) is 116 Å². The van der Waals surface area contributed by atoms with E-state index in [0.717, 1.165) is 43.0 Å². The highest BCUT2D eigenvalue weighted by Crippen LogP contribution is 2.69. The fourth-order valence-electron chi connectivity index (χ4n) is 10.1. The first-order chi connectivity index (χ1) is 16.9. The monoisotopic (exact) mass is 516 g/mol. The smallest absolute Gasteiger partial charge is 0.122 e. The van der Waals surface area contributed by atoms with Gasteiger partial charge in [-0.3, -0.25) is 0 Å².